The minimum atomic E-state index is -0.186. The first kappa shape index (κ1) is 16.5. The number of aliphatic hydroxyl groups is 1. The number of nitrogens with one attached hydrogen (secondary N) is 2. The maximum atomic E-state index is 11.9. The highest BCUT2D eigenvalue weighted by molar-refractivity contribution is 5.89. The molecule has 1 unspecified atom stereocenters. The van der Waals surface area contributed by atoms with Gasteiger partial charge < -0.3 is 20.6 Å². The maximum absolute atomic E-state index is 11.9. The Kier molecular flexibility index (Phi) is 7.04. The molecule has 20 heavy (non-hydrogen) atoms. The van der Waals surface area contributed by atoms with E-state index in [0.29, 0.717) is 19.1 Å². The maximum Gasteiger partial charge on any atom is 0.321 e. The average Bonchev–Trinajstić information content (AvgIpc) is 2.45. The lowest BCUT2D eigenvalue weighted by atomic mass is 10.1. The van der Waals surface area contributed by atoms with Gasteiger partial charge in [-0.05, 0) is 38.1 Å². The highest BCUT2D eigenvalue weighted by Gasteiger charge is 2.11. The van der Waals surface area contributed by atoms with E-state index in [1.165, 1.54) is 5.56 Å². The van der Waals surface area contributed by atoms with Crippen LogP contribution < -0.4 is 10.6 Å². The fraction of sp³-hybridized carbons (Fsp3) is 0.533. The number of anilines is 1. The Balaban J connectivity index is 2.62. The smallest absolute Gasteiger partial charge is 0.321 e. The van der Waals surface area contributed by atoms with Gasteiger partial charge in [-0.3, -0.25) is 0 Å². The van der Waals surface area contributed by atoms with Crippen LogP contribution in [0.4, 0.5) is 10.5 Å². The van der Waals surface area contributed by atoms with Crippen molar-refractivity contribution in [3.63, 3.8) is 0 Å². The Labute approximate surface area is 121 Å². The Morgan fingerprint density at radius 1 is 1.30 bits per heavy atom. The second-order valence-corrected chi connectivity index (χ2v) is 4.63. The first-order valence-corrected chi connectivity index (χ1v) is 7.12. The van der Waals surface area contributed by atoms with Crippen molar-refractivity contribution >= 4 is 11.7 Å². The molecule has 0 aromatic heterocycles. The predicted octanol–water partition coefficient (Wildman–Crippen LogP) is 2.20. The zero-order valence-corrected chi connectivity index (χ0v) is 12.5. The minimum Gasteiger partial charge on any atom is -0.395 e. The molecule has 0 aliphatic carbocycles. The van der Waals surface area contributed by atoms with E-state index in [9.17, 15) is 4.79 Å². The van der Waals surface area contributed by atoms with Crippen LogP contribution in [0.1, 0.15) is 32.4 Å². The van der Waals surface area contributed by atoms with Crippen LogP contribution in [0.15, 0.2) is 24.3 Å². The van der Waals surface area contributed by atoms with Gasteiger partial charge in [0.05, 0.1) is 6.61 Å². The highest BCUT2D eigenvalue weighted by Crippen LogP contribution is 2.16. The normalized spacial score (nSPS) is 12.0. The Hall–Kier alpha value is -1.59. The molecule has 1 rings (SSSR count). The molecule has 0 radical (unpaired) electrons. The van der Waals surface area contributed by atoms with Gasteiger partial charge in [0.1, 0.15) is 0 Å². The topological polar surface area (TPSA) is 64.6 Å². The third-order valence-electron chi connectivity index (χ3n) is 3.21. The lowest BCUT2D eigenvalue weighted by Crippen LogP contribution is -2.36. The lowest BCUT2D eigenvalue weighted by molar-refractivity contribution is 0.192. The van der Waals surface area contributed by atoms with E-state index >= 15 is 0 Å². The molecule has 0 saturated heterocycles. The fourth-order valence-electron chi connectivity index (χ4n) is 2.01. The molecule has 5 heteroatoms. The van der Waals surface area contributed by atoms with E-state index in [0.717, 1.165) is 12.2 Å². The van der Waals surface area contributed by atoms with Crippen molar-refractivity contribution in [3.05, 3.63) is 29.8 Å². The van der Waals surface area contributed by atoms with Crippen LogP contribution in [-0.4, -0.2) is 42.3 Å². The summed E-state index contributed by atoms with van der Waals surface area (Å²) in [6.07, 6.45) is 0. The van der Waals surface area contributed by atoms with Gasteiger partial charge in [0.25, 0.3) is 0 Å². The number of carbonyl (C=O) groups is 1. The molecule has 1 aromatic carbocycles. The number of urea groups is 1. The van der Waals surface area contributed by atoms with Gasteiger partial charge in [-0.25, -0.2) is 4.79 Å². The summed E-state index contributed by atoms with van der Waals surface area (Å²) in [7, 11) is 0. The SMILES string of the molecule is CCNC(C)c1ccc(NC(=O)N(CC)CCO)cc1. The number of benzene rings is 1. The molecule has 0 fully saturated rings. The molecule has 3 N–H and O–H groups in total. The van der Waals surface area contributed by atoms with Crippen molar-refractivity contribution in [1.29, 1.82) is 0 Å². The molecular weight excluding hydrogens is 254 g/mol. The van der Waals surface area contributed by atoms with Gasteiger partial charge in [0, 0.05) is 24.8 Å². The Bertz CT molecular complexity index is 406. The van der Waals surface area contributed by atoms with Crippen molar-refractivity contribution in [2.75, 3.05) is 31.6 Å². The molecule has 0 aliphatic heterocycles. The third-order valence-corrected chi connectivity index (χ3v) is 3.21. The zero-order valence-electron chi connectivity index (χ0n) is 12.5. The van der Waals surface area contributed by atoms with Gasteiger partial charge in [0.15, 0.2) is 0 Å². The molecule has 2 amide bonds. The van der Waals surface area contributed by atoms with E-state index in [-0.39, 0.29) is 12.6 Å². The first-order valence-electron chi connectivity index (χ1n) is 7.12. The van der Waals surface area contributed by atoms with Crippen molar-refractivity contribution in [1.82, 2.24) is 10.2 Å². The summed E-state index contributed by atoms with van der Waals surface area (Å²) in [5.41, 5.74) is 1.95. The van der Waals surface area contributed by atoms with Crippen LogP contribution in [0, 0.1) is 0 Å². The van der Waals surface area contributed by atoms with Gasteiger partial charge in [0.2, 0.25) is 0 Å². The summed E-state index contributed by atoms with van der Waals surface area (Å²) in [6, 6.07) is 7.92. The monoisotopic (exact) mass is 279 g/mol. The predicted molar refractivity (Wildman–Crippen MR) is 81.9 cm³/mol. The summed E-state index contributed by atoms with van der Waals surface area (Å²) in [5.74, 6) is 0. The number of rotatable bonds is 7. The summed E-state index contributed by atoms with van der Waals surface area (Å²) in [6.45, 7) is 7.88. The molecule has 5 nitrogen and oxygen atoms in total. The van der Waals surface area contributed by atoms with Crippen LogP contribution in [0.25, 0.3) is 0 Å². The van der Waals surface area contributed by atoms with Crippen LogP contribution in [0.3, 0.4) is 0 Å². The summed E-state index contributed by atoms with van der Waals surface area (Å²) in [5, 5.41) is 15.1. The molecule has 1 atom stereocenters. The largest absolute Gasteiger partial charge is 0.395 e. The van der Waals surface area contributed by atoms with Gasteiger partial charge in [-0.1, -0.05) is 19.1 Å². The van der Waals surface area contributed by atoms with Crippen LogP contribution in [-0.2, 0) is 0 Å². The molecule has 0 spiro atoms. The van der Waals surface area contributed by atoms with E-state index in [1.54, 1.807) is 4.90 Å². The van der Waals surface area contributed by atoms with Crippen molar-refractivity contribution < 1.29 is 9.90 Å². The van der Waals surface area contributed by atoms with Gasteiger partial charge in [-0.2, -0.15) is 0 Å². The van der Waals surface area contributed by atoms with Crippen LogP contribution in [0.2, 0.25) is 0 Å². The molecule has 0 aliphatic rings. The number of amides is 2. The Morgan fingerprint density at radius 2 is 1.95 bits per heavy atom. The van der Waals surface area contributed by atoms with Crippen molar-refractivity contribution in [3.8, 4) is 0 Å². The molecule has 1 aromatic rings. The lowest BCUT2D eigenvalue weighted by Gasteiger charge is -2.20. The molecule has 0 heterocycles. The highest BCUT2D eigenvalue weighted by atomic mass is 16.3. The van der Waals surface area contributed by atoms with Crippen molar-refractivity contribution in [2.24, 2.45) is 0 Å². The second kappa shape index (κ2) is 8.55. The van der Waals surface area contributed by atoms with Gasteiger partial charge >= 0.3 is 6.03 Å². The number of hydrogen-bond donors (Lipinski definition) is 3. The summed E-state index contributed by atoms with van der Waals surface area (Å²) >= 11 is 0. The third kappa shape index (κ3) is 4.83. The number of nitrogens with zero attached hydrogens (tertiary/aromatic N) is 1. The molecule has 112 valence electrons. The second-order valence-electron chi connectivity index (χ2n) is 4.63. The fourth-order valence-corrected chi connectivity index (χ4v) is 2.01. The number of likely N-dealkylation sites (N-methyl/N-ethyl adjacent to an activating group) is 1. The Morgan fingerprint density at radius 3 is 2.45 bits per heavy atom. The minimum absolute atomic E-state index is 0.0274. The van der Waals surface area contributed by atoms with E-state index in [2.05, 4.69) is 24.5 Å². The quantitative estimate of drug-likeness (QED) is 0.717. The number of carbonyl (C=O) groups excluding carboxylic acids is 1. The summed E-state index contributed by atoms with van der Waals surface area (Å²) < 4.78 is 0. The molecule has 0 bridgehead atoms. The van der Waals surface area contributed by atoms with Crippen LogP contribution in [0.5, 0.6) is 0 Å². The van der Waals surface area contributed by atoms with E-state index in [4.69, 9.17) is 5.11 Å². The number of aliphatic hydroxyl groups excluding tert-OH is 1. The average molecular weight is 279 g/mol. The van der Waals surface area contributed by atoms with E-state index in [1.807, 2.05) is 31.2 Å². The van der Waals surface area contributed by atoms with Crippen molar-refractivity contribution in [2.45, 2.75) is 26.8 Å². The van der Waals surface area contributed by atoms with Crippen LogP contribution >= 0.6 is 0 Å². The van der Waals surface area contributed by atoms with Gasteiger partial charge in [-0.15, -0.1) is 0 Å². The molecular formula is C15H25N3O2. The number of hydrogen-bond acceptors (Lipinski definition) is 3. The zero-order chi connectivity index (χ0) is 15.0. The van der Waals surface area contributed by atoms with E-state index < -0.39 is 0 Å². The first-order chi connectivity index (χ1) is 9.62. The summed E-state index contributed by atoms with van der Waals surface area (Å²) in [4.78, 5) is 13.5. The molecule has 0 saturated carbocycles. The standard InChI is InChI=1S/C15H25N3O2/c1-4-16-12(3)13-6-8-14(9-7-13)17-15(20)18(5-2)10-11-19/h6-9,12,16,19H,4-5,10-11H2,1-3H3,(H,17,20).